The Morgan fingerprint density at radius 3 is 2.58 bits per heavy atom. The summed E-state index contributed by atoms with van der Waals surface area (Å²) < 4.78 is 11.2. The van der Waals surface area contributed by atoms with E-state index < -0.39 is 0 Å². The van der Waals surface area contributed by atoms with Gasteiger partial charge in [0.25, 0.3) is 5.91 Å². The van der Waals surface area contributed by atoms with Crippen LogP contribution in [0.2, 0.25) is 0 Å². The predicted octanol–water partition coefficient (Wildman–Crippen LogP) is 4.04. The molecule has 1 saturated heterocycles. The van der Waals surface area contributed by atoms with Crippen molar-refractivity contribution in [2.75, 3.05) is 25.5 Å². The summed E-state index contributed by atoms with van der Waals surface area (Å²) in [7, 11) is 1.78. The number of rotatable bonds is 6. The number of hydrogen-bond acceptors (Lipinski definition) is 4. The third kappa shape index (κ3) is 6.59. The number of furan rings is 1. The fraction of sp³-hybridized carbons (Fsp3) is 0.500. The van der Waals surface area contributed by atoms with Crippen LogP contribution in [0.3, 0.4) is 0 Å². The molecular weight excluding hydrogens is 392 g/mol. The molecule has 3 N–H and O–H groups in total. The van der Waals surface area contributed by atoms with Gasteiger partial charge in [-0.3, -0.25) is 9.79 Å². The molecule has 2 heterocycles. The highest BCUT2D eigenvalue weighted by molar-refractivity contribution is 6.02. The van der Waals surface area contributed by atoms with Gasteiger partial charge >= 0.3 is 0 Å². The van der Waals surface area contributed by atoms with Crippen LogP contribution in [0.15, 0.2) is 52.1 Å². The largest absolute Gasteiger partial charge is 0.459 e. The number of amides is 1. The second kappa shape index (κ2) is 10.5. The standard InChI is InChI=1S/C24H34N4O3/c1-24(2,3)21-18(7-5-14-31-21)16-27-23(25-4)26-15-17-9-11-19(12-10-17)28-22(29)20-8-6-13-30-20/h6,8-13,18,21H,5,7,14-16H2,1-4H3,(H,28,29)(H2,25,26,27). The molecule has 2 atom stereocenters. The van der Waals surface area contributed by atoms with Crippen molar-refractivity contribution in [2.45, 2.75) is 46.3 Å². The Kier molecular flexibility index (Phi) is 7.74. The monoisotopic (exact) mass is 426 g/mol. The van der Waals surface area contributed by atoms with E-state index in [0.29, 0.717) is 12.5 Å². The molecule has 0 spiro atoms. The minimum Gasteiger partial charge on any atom is -0.459 e. The number of anilines is 1. The maximum Gasteiger partial charge on any atom is 0.291 e. The lowest BCUT2D eigenvalue weighted by Gasteiger charge is -2.40. The van der Waals surface area contributed by atoms with Gasteiger partial charge in [0.15, 0.2) is 11.7 Å². The number of hydrogen-bond donors (Lipinski definition) is 3. The van der Waals surface area contributed by atoms with Crippen LogP contribution in [0.5, 0.6) is 0 Å². The van der Waals surface area contributed by atoms with Gasteiger partial charge < -0.3 is 25.1 Å². The number of nitrogens with zero attached hydrogens (tertiary/aromatic N) is 1. The zero-order valence-corrected chi connectivity index (χ0v) is 18.9. The van der Waals surface area contributed by atoms with E-state index in [4.69, 9.17) is 9.15 Å². The topological polar surface area (TPSA) is 87.9 Å². The summed E-state index contributed by atoms with van der Waals surface area (Å²) in [5.41, 5.74) is 1.93. The van der Waals surface area contributed by atoms with Gasteiger partial charge in [0.2, 0.25) is 0 Å². The molecule has 7 heteroatoms. The first-order valence-corrected chi connectivity index (χ1v) is 10.9. The number of ether oxygens (including phenoxy) is 1. The highest BCUT2D eigenvalue weighted by Gasteiger charge is 2.35. The summed E-state index contributed by atoms with van der Waals surface area (Å²) in [6, 6.07) is 11.0. The van der Waals surface area contributed by atoms with Crippen molar-refractivity contribution in [1.29, 1.82) is 0 Å². The lowest BCUT2D eigenvalue weighted by atomic mass is 9.78. The molecule has 1 aromatic heterocycles. The van der Waals surface area contributed by atoms with Crippen molar-refractivity contribution in [3.05, 3.63) is 54.0 Å². The van der Waals surface area contributed by atoms with E-state index in [0.717, 1.165) is 43.2 Å². The summed E-state index contributed by atoms with van der Waals surface area (Å²) >= 11 is 0. The van der Waals surface area contributed by atoms with Crippen LogP contribution in [0.4, 0.5) is 5.69 Å². The Balaban J connectivity index is 1.47. The number of nitrogens with one attached hydrogen (secondary N) is 3. The second-order valence-electron chi connectivity index (χ2n) is 8.99. The first-order chi connectivity index (χ1) is 14.9. The summed E-state index contributed by atoms with van der Waals surface area (Å²) in [4.78, 5) is 16.4. The minimum atomic E-state index is -0.263. The summed E-state index contributed by atoms with van der Waals surface area (Å²) in [5.74, 6) is 1.26. The van der Waals surface area contributed by atoms with E-state index in [1.165, 1.54) is 6.26 Å². The normalized spacial score (nSPS) is 19.7. The first kappa shape index (κ1) is 22.9. The molecule has 2 unspecified atom stereocenters. The van der Waals surface area contributed by atoms with Crippen molar-refractivity contribution in [2.24, 2.45) is 16.3 Å². The molecule has 7 nitrogen and oxygen atoms in total. The Morgan fingerprint density at radius 1 is 1.16 bits per heavy atom. The molecule has 31 heavy (non-hydrogen) atoms. The molecule has 168 valence electrons. The quantitative estimate of drug-likeness (QED) is 0.479. The van der Waals surface area contributed by atoms with Crippen molar-refractivity contribution < 1.29 is 13.9 Å². The van der Waals surface area contributed by atoms with E-state index in [9.17, 15) is 4.79 Å². The SMILES string of the molecule is CN=C(NCc1ccc(NC(=O)c2ccco2)cc1)NCC1CCCOC1C(C)(C)C. The summed E-state index contributed by atoms with van der Waals surface area (Å²) in [5, 5.41) is 9.63. The molecular formula is C24H34N4O3. The van der Waals surface area contributed by atoms with Gasteiger partial charge in [-0.25, -0.2) is 0 Å². The van der Waals surface area contributed by atoms with Crippen LogP contribution >= 0.6 is 0 Å². The molecule has 1 aliphatic heterocycles. The van der Waals surface area contributed by atoms with Crippen LogP contribution in [-0.4, -0.2) is 38.2 Å². The number of aliphatic imine (C=N–C) groups is 1. The zero-order valence-electron chi connectivity index (χ0n) is 18.9. The molecule has 1 fully saturated rings. The molecule has 3 rings (SSSR count). The highest BCUT2D eigenvalue weighted by atomic mass is 16.5. The van der Waals surface area contributed by atoms with E-state index in [2.05, 4.69) is 41.7 Å². The van der Waals surface area contributed by atoms with E-state index in [1.54, 1.807) is 19.2 Å². The molecule has 1 aromatic carbocycles. The van der Waals surface area contributed by atoms with Gasteiger partial charge in [0.05, 0.1) is 12.4 Å². The van der Waals surface area contributed by atoms with Crippen LogP contribution in [0, 0.1) is 11.3 Å². The van der Waals surface area contributed by atoms with Crippen molar-refractivity contribution in [1.82, 2.24) is 10.6 Å². The smallest absolute Gasteiger partial charge is 0.291 e. The predicted molar refractivity (Wildman–Crippen MR) is 123 cm³/mol. The molecule has 1 aliphatic rings. The number of carbonyl (C=O) groups is 1. The van der Waals surface area contributed by atoms with Crippen LogP contribution in [0.25, 0.3) is 0 Å². The third-order valence-electron chi connectivity index (χ3n) is 5.47. The fourth-order valence-corrected chi connectivity index (χ4v) is 3.95. The second-order valence-corrected chi connectivity index (χ2v) is 8.99. The van der Waals surface area contributed by atoms with E-state index >= 15 is 0 Å². The van der Waals surface area contributed by atoms with Gasteiger partial charge in [0, 0.05) is 38.3 Å². The average molecular weight is 427 g/mol. The molecule has 0 saturated carbocycles. The Labute approximate surface area is 184 Å². The number of benzene rings is 1. The number of guanidine groups is 1. The van der Waals surface area contributed by atoms with Gasteiger partial charge in [-0.05, 0) is 48.1 Å². The van der Waals surface area contributed by atoms with Gasteiger partial charge in [0.1, 0.15) is 0 Å². The fourth-order valence-electron chi connectivity index (χ4n) is 3.95. The molecule has 0 radical (unpaired) electrons. The molecule has 0 bridgehead atoms. The van der Waals surface area contributed by atoms with E-state index in [1.807, 2.05) is 24.3 Å². The number of carbonyl (C=O) groups excluding carboxylic acids is 1. The lowest BCUT2D eigenvalue weighted by Crippen LogP contribution is -2.47. The van der Waals surface area contributed by atoms with Crippen molar-refractivity contribution in [3.8, 4) is 0 Å². The molecule has 1 amide bonds. The van der Waals surface area contributed by atoms with E-state index in [-0.39, 0.29) is 23.2 Å². The minimum absolute atomic E-state index is 0.123. The third-order valence-corrected chi connectivity index (χ3v) is 5.47. The zero-order chi connectivity index (χ0) is 22.3. The lowest BCUT2D eigenvalue weighted by molar-refractivity contribution is -0.0835. The van der Waals surface area contributed by atoms with Gasteiger partial charge in [-0.2, -0.15) is 0 Å². The van der Waals surface area contributed by atoms with Crippen molar-refractivity contribution in [3.63, 3.8) is 0 Å². The van der Waals surface area contributed by atoms with Gasteiger partial charge in [-0.1, -0.05) is 32.9 Å². The summed E-state index contributed by atoms with van der Waals surface area (Å²) in [6.45, 7) is 9.04. The van der Waals surface area contributed by atoms with Crippen molar-refractivity contribution >= 4 is 17.6 Å². The Morgan fingerprint density at radius 2 is 1.94 bits per heavy atom. The van der Waals surface area contributed by atoms with Gasteiger partial charge in [-0.15, -0.1) is 0 Å². The van der Waals surface area contributed by atoms with Crippen LogP contribution in [-0.2, 0) is 11.3 Å². The Hall–Kier alpha value is -2.80. The maximum absolute atomic E-state index is 12.1. The average Bonchev–Trinajstić information content (AvgIpc) is 3.30. The summed E-state index contributed by atoms with van der Waals surface area (Å²) in [6.07, 6.45) is 4.00. The van der Waals surface area contributed by atoms with Crippen LogP contribution < -0.4 is 16.0 Å². The first-order valence-electron chi connectivity index (χ1n) is 10.9. The Bertz CT molecular complexity index is 854. The molecule has 2 aromatic rings. The van der Waals surface area contributed by atoms with Crippen LogP contribution in [0.1, 0.15) is 49.7 Å². The maximum atomic E-state index is 12.1. The highest BCUT2D eigenvalue weighted by Crippen LogP contribution is 2.33. The molecule has 0 aliphatic carbocycles.